The third kappa shape index (κ3) is 4.93. The minimum atomic E-state index is -0.582. The van der Waals surface area contributed by atoms with Crippen LogP contribution >= 0.6 is 0 Å². The van der Waals surface area contributed by atoms with Crippen LogP contribution < -0.4 is 10.1 Å². The van der Waals surface area contributed by atoms with Crippen molar-refractivity contribution in [2.75, 3.05) is 19.8 Å². The molecule has 29 heavy (non-hydrogen) atoms. The molecule has 1 heterocycles. The Labute approximate surface area is 173 Å². The van der Waals surface area contributed by atoms with E-state index in [9.17, 15) is 9.90 Å². The Balaban J connectivity index is 1.64. The molecule has 3 atom stereocenters. The number of carbonyl (C=O) groups excluding carboxylic acids is 1. The molecular weight excluding hydrogens is 368 g/mol. The summed E-state index contributed by atoms with van der Waals surface area (Å²) in [6, 6.07) is 6.15. The highest BCUT2D eigenvalue weighted by Gasteiger charge is 2.22. The maximum absolute atomic E-state index is 12.4. The van der Waals surface area contributed by atoms with Gasteiger partial charge in [-0.3, -0.25) is 0 Å². The normalized spacial score (nSPS) is 20.6. The summed E-state index contributed by atoms with van der Waals surface area (Å²) in [6.45, 7) is 7.06. The lowest BCUT2D eigenvalue weighted by Gasteiger charge is -2.30. The Bertz CT molecular complexity index is 845. The van der Waals surface area contributed by atoms with E-state index in [1.165, 1.54) is 25.7 Å². The van der Waals surface area contributed by atoms with E-state index in [2.05, 4.69) is 12.2 Å². The van der Waals surface area contributed by atoms with Crippen molar-refractivity contribution in [3.8, 4) is 5.75 Å². The number of fused-ring (bicyclic) bond motifs is 1. The zero-order valence-electron chi connectivity index (χ0n) is 18.0. The number of aromatic nitrogens is 1. The molecule has 6 heteroatoms. The fourth-order valence-corrected chi connectivity index (χ4v) is 4.26. The van der Waals surface area contributed by atoms with Crippen molar-refractivity contribution in [3.05, 3.63) is 29.5 Å². The third-order valence-electron chi connectivity index (χ3n) is 6.11. The number of aryl methyl sites for hydroxylation is 1. The van der Waals surface area contributed by atoms with Crippen LogP contribution in [0.3, 0.4) is 0 Å². The molecule has 0 spiro atoms. The highest BCUT2D eigenvalue weighted by molar-refractivity contribution is 6.06. The molecule has 1 fully saturated rings. The molecule has 1 aromatic carbocycles. The number of nitrogens with one attached hydrogen (secondary N) is 1. The van der Waals surface area contributed by atoms with E-state index < -0.39 is 6.10 Å². The van der Waals surface area contributed by atoms with Gasteiger partial charge >= 0.3 is 5.97 Å². The van der Waals surface area contributed by atoms with Crippen molar-refractivity contribution in [2.24, 2.45) is 13.0 Å². The summed E-state index contributed by atoms with van der Waals surface area (Å²) in [6.07, 6.45) is 4.41. The van der Waals surface area contributed by atoms with Gasteiger partial charge in [0.15, 0.2) is 0 Å². The molecule has 0 amide bonds. The summed E-state index contributed by atoms with van der Waals surface area (Å²) in [5.41, 5.74) is 2.39. The fourth-order valence-electron chi connectivity index (χ4n) is 4.26. The minimum Gasteiger partial charge on any atom is -0.491 e. The molecule has 0 radical (unpaired) electrons. The quantitative estimate of drug-likeness (QED) is 0.661. The predicted molar refractivity (Wildman–Crippen MR) is 115 cm³/mol. The number of carbonyl (C=O) groups is 1. The van der Waals surface area contributed by atoms with Gasteiger partial charge in [0.1, 0.15) is 18.5 Å². The van der Waals surface area contributed by atoms with Gasteiger partial charge in [-0.25, -0.2) is 4.79 Å². The van der Waals surface area contributed by atoms with Gasteiger partial charge in [0, 0.05) is 36.2 Å². The largest absolute Gasteiger partial charge is 0.491 e. The van der Waals surface area contributed by atoms with E-state index in [-0.39, 0.29) is 12.6 Å². The molecule has 3 rings (SSSR count). The molecule has 0 saturated heterocycles. The summed E-state index contributed by atoms with van der Waals surface area (Å²) in [7, 11) is 1.93. The second-order valence-corrected chi connectivity index (χ2v) is 8.16. The second kappa shape index (κ2) is 9.63. The van der Waals surface area contributed by atoms with Crippen molar-refractivity contribution in [1.82, 2.24) is 9.88 Å². The molecule has 1 aliphatic carbocycles. The molecule has 1 aromatic heterocycles. The number of ether oxygens (including phenoxy) is 2. The number of benzene rings is 1. The first-order valence-electron chi connectivity index (χ1n) is 10.7. The molecule has 1 aliphatic rings. The van der Waals surface area contributed by atoms with E-state index in [4.69, 9.17) is 9.47 Å². The average Bonchev–Trinajstić information content (AvgIpc) is 2.96. The Kier molecular flexibility index (Phi) is 7.19. The van der Waals surface area contributed by atoms with Crippen LogP contribution in [-0.2, 0) is 11.8 Å². The van der Waals surface area contributed by atoms with Gasteiger partial charge in [-0.2, -0.15) is 0 Å². The third-order valence-corrected chi connectivity index (χ3v) is 6.11. The Morgan fingerprint density at radius 2 is 2.10 bits per heavy atom. The van der Waals surface area contributed by atoms with Crippen molar-refractivity contribution in [1.29, 1.82) is 0 Å². The van der Waals surface area contributed by atoms with Gasteiger partial charge in [0.2, 0.25) is 0 Å². The molecule has 0 bridgehead atoms. The number of rotatable bonds is 8. The van der Waals surface area contributed by atoms with E-state index >= 15 is 0 Å². The topological polar surface area (TPSA) is 72.7 Å². The summed E-state index contributed by atoms with van der Waals surface area (Å²) in [5, 5.41) is 14.6. The molecule has 1 saturated carbocycles. The highest BCUT2D eigenvalue weighted by Crippen LogP contribution is 2.29. The second-order valence-electron chi connectivity index (χ2n) is 8.16. The summed E-state index contributed by atoms with van der Waals surface area (Å²) < 4.78 is 13.0. The van der Waals surface area contributed by atoms with E-state index in [0.29, 0.717) is 36.4 Å². The molecule has 2 aromatic rings. The number of hydrogen-bond donors (Lipinski definition) is 2. The lowest BCUT2D eigenvalue weighted by Crippen LogP contribution is -2.42. The van der Waals surface area contributed by atoms with Gasteiger partial charge in [-0.05, 0) is 50.8 Å². The average molecular weight is 403 g/mol. The van der Waals surface area contributed by atoms with E-state index in [0.717, 1.165) is 16.6 Å². The first kappa shape index (κ1) is 21.7. The molecule has 0 unspecified atom stereocenters. The first-order valence-corrected chi connectivity index (χ1v) is 10.7. The Morgan fingerprint density at radius 1 is 1.34 bits per heavy atom. The van der Waals surface area contributed by atoms with Crippen LogP contribution in [0.15, 0.2) is 18.2 Å². The first-order chi connectivity index (χ1) is 13.9. The van der Waals surface area contributed by atoms with Crippen molar-refractivity contribution in [3.63, 3.8) is 0 Å². The van der Waals surface area contributed by atoms with Crippen LogP contribution in [0, 0.1) is 12.8 Å². The van der Waals surface area contributed by atoms with Crippen LogP contribution in [0.25, 0.3) is 10.9 Å². The van der Waals surface area contributed by atoms with Crippen molar-refractivity contribution < 1.29 is 19.4 Å². The van der Waals surface area contributed by atoms with Crippen LogP contribution in [0.2, 0.25) is 0 Å². The Hall–Kier alpha value is -2.05. The maximum atomic E-state index is 12.4. The minimum absolute atomic E-state index is 0.208. The van der Waals surface area contributed by atoms with Gasteiger partial charge in [-0.1, -0.05) is 19.8 Å². The SMILES string of the molecule is CCOC(=O)c1c(C)n(C)c2ccc(OC[C@@H](O)CN[C@@H]3CCCC[C@@H]3C)cc12. The van der Waals surface area contributed by atoms with Gasteiger partial charge in [0.05, 0.1) is 12.2 Å². The highest BCUT2D eigenvalue weighted by atomic mass is 16.5. The van der Waals surface area contributed by atoms with Gasteiger partial charge in [-0.15, -0.1) is 0 Å². The number of aliphatic hydroxyl groups is 1. The number of esters is 1. The van der Waals surface area contributed by atoms with E-state index in [1.54, 1.807) is 6.92 Å². The summed E-state index contributed by atoms with van der Waals surface area (Å²) in [4.78, 5) is 12.4. The summed E-state index contributed by atoms with van der Waals surface area (Å²) in [5.74, 6) is 0.971. The predicted octanol–water partition coefficient (Wildman–Crippen LogP) is 3.57. The van der Waals surface area contributed by atoms with Crippen LogP contribution in [0.5, 0.6) is 5.75 Å². The van der Waals surface area contributed by atoms with Gasteiger partial charge < -0.3 is 24.5 Å². The Morgan fingerprint density at radius 3 is 2.83 bits per heavy atom. The zero-order chi connectivity index (χ0) is 21.0. The number of hydrogen-bond acceptors (Lipinski definition) is 5. The number of aliphatic hydroxyl groups excluding tert-OH is 1. The lowest BCUT2D eigenvalue weighted by atomic mass is 9.86. The molecule has 0 aliphatic heterocycles. The monoisotopic (exact) mass is 402 g/mol. The lowest BCUT2D eigenvalue weighted by molar-refractivity contribution is 0.0527. The molecule has 160 valence electrons. The van der Waals surface area contributed by atoms with E-state index in [1.807, 2.05) is 36.7 Å². The zero-order valence-corrected chi connectivity index (χ0v) is 18.0. The number of nitrogens with zero attached hydrogens (tertiary/aromatic N) is 1. The van der Waals surface area contributed by atoms with Crippen molar-refractivity contribution in [2.45, 2.75) is 58.6 Å². The fraction of sp³-hybridized carbons (Fsp3) is 0.609. The molecular formula is C23H34N2O4. The van der Waals surface area contributed by atoms with Crippen LogP contribution in [-0.4, -0.2) is 47.5 Å². The van der Waals surface area contributed by atoms with Crippen LogP contribution in [0.1, 0.15) is 55.6 Å². The molecule has 2 N–H and O–H groups in total. The standard InChI is InChI=1S/C23H34N2O4/c1-5-28-23(27)22-16(3)25(4)21-11-10-18(12-19(21)22)29-14-17(26)13-24-20-9-7-6-8-15(20)2/h10-12,15,17,20,24,26H,5-9,13-14H2,1-4H3/t15-,17-,20+/m0/s1. The van der Waals surface area contributed by atoms with Crippen molar-refractivity contribution >= 4 is 16.9 Å². The molecule has 6 nitrogen and oxygen atoms in total. The summed E-state index contributed by atoms with van der Waals surface area (Å²) >= 11 is 0. The maximum Gasteiger partial charge on any atom is 0.340 e. The van der Waals surface area contributed by atoms with Crippen LogP contribution in [0.4, 0.5) is 0 Å². The van der Waals surface area contributed by atoms with Gasteiger partial charge in [0.25, 0.3) is 0 Å². The smallest absolute Gasteiger partial charge is 0.340 e.